The van der Waals surface area contributed by atoms with Gasteiger partial charge in [-0.05, 0) is 23.1 Å². The Morgan fingerprint density at radius 2 is 1.53 bits per heavy atom. The summed E-state index contributed by atoms with van der Waals surface area (Å²) in [6, 6.07) is 20.2. The molecule has 1 saturated heterocycles. The molecule has 0 bridgehead atoms. The molecule has 154 valence electrons. The third kappa shape index (κ3) is 4.35. The van der Waals surface area contributed by atoms with E-state index in [1.807, 2.05) is 53.4 Å². The van der Waals surface area contributed by atoms with Crippen LogP contribution in [0.4, 0.5) is 5.82 Å². The molecule has 1 aliphatic heterocycles. The largest absolute Gasteiger partial charge is 0.353 e. The van der Waals surface area contributed by atoms with Gasteiger partial charge in [0, 0.05) is 43.4 Å². The summed E-state index contributed by atoms with van der Waals surface area (Å²) >= 11 is 0. The lowest BCUT2D eigenvalue weighted by Crippen LogP contribution is -2.49. The third-order valence-electron chi connectivity index (χ3n) is 5.61. The van der Waals surface area contributed by atoms with E-state index in [2.05, 4.69) is 47.8 Å². The van der Waals surface area contributed by atoms with Gasteiger partial charge in [0.15, 0.2) is 0 Å². The Hall–Kier alpha value is -3.21. The van der Waals surface area contributed by atoms with Crippen LogP contribution in [-0.4, -0.2) is 47.0 Å². The van der Waals surface area contributed by atoms with E-state index in [9.17, 15) is 4.79 Å². The second-order valence-electron chi connectivity index (χ2n) is 8.73. The van der Waals surface area contributed by atoms with Crippen LogP contribution in [0.25, 0.3) is 11.3 Å². The number of benzene rings is 2. The average Bonchev–Trinajstić information content (AvgIpc) is 2.79. The van der Waals surface area contributed by atoms with Gasteiger partial charge in [0.25, 0.3) is 5.91 Å². The normalized spacial score (nSPS) is 14.6. The highest BCUT2D eigenvalue weighted by Gasteiger charge is 2.23. The smallest absolute Gasteiger partial charge is 0.253 e. The van der Waals surface area contributed by atoms with Crippen molar-refractivity contribution in [2.24, 2.45) is 0 Å². The predicted octanol–water partition coefficient (Wildman–Crippen LogP) is 4.40. The lowest BCUT2D eigenvalue weighted by molar-refractivity contribution is 0.0746. The molecular formula is C25H28N4O. The molecule has 3 aromatic rings. The van der Waals surface area contributed by atoms with E-state index in [4.69, 9.17) is 0 Å². The highest BCUT2D eigenvalue weighted by Crippen LogP contribution is 2.24. The van der Waals surface area contributed by atoms with Crippen LogP contribution in [0.1, 0.15) is 36.7 Å². The standard InChI is InChI=1S/C25H28N4O/c1-25(2,3)21-11-9-20(10-12-21)24(30)29-15-13-28(14-16-29)23-17-22(26-18-27-23)19-7-5-4-6-8-19/h4-12,17-18H,13-16H2,1-3H3. The first-order chi connectivity index (χ1) is 14.4. The first-order valence-electron chi connectivity index (χ1n) is 10.4. The molecule has 0 radical (unpaired) electrons. The van der Waals surface area contributed by atoms with E-state index in [0.29, 0.717) is 13.1 Å². The summed E-state index contributed by atoms with van der Waals surface area (Å²) in [5.41, 5.74) is 4.07. The number of carbonyl (C=O) groups is 1. The molecule has 0 unspecified atom stereocenters. The Morgan fingerprint density at radius 1 is 0.867 bits per heavy atom. The van der Waals surface area contributed by atoms with Crippen molar-refractivity contribution in [3.63, 3.8) is 0 Å². The number of amides is 1. The van der Waals surface area contributed by atoms with Crippen LogP contribution >= 0.6 is 0 Å². The summed E-state index contributed by atoms with van der Waals surface area (Å²) in [6.07, 6.45) is 1.62. The molecule has 0 saturated carbocycles. The number of hydrogen-bond donors (Lipinski definition) is 0. The Morgan fingerprint density at radius 3 is 2.17 bits per heavy atom. The maximum Gasteiger partial charge on any atom is 0.253 e. The fraction of sp³-hybridized carbons (Fsp3) is 0.320. The predicted molar refractivity (Wildman–Crippen MR) is 121 cm³/mol. The van der Waals surface area contributed by atoms with Crippen molar-refractivity contribution >= 4 is 11.7 Å². The maximum atomic E-state index is 12.9. The number of piperazine rings is 1. The minimum absolute atomic E-state index is 0.0867. The van der Waals surface area contributed by atoms with Crippen molar-refractivity contribution in [3.8, 4) is 11.3 Å². The molecule has 5 heteroatoms. The SMILES string of the molecule is CC(C)(C)c1ccc(C(=O)N2CCN(c3cc(-c4ccccc4)ncn3)CC2)cc1. The highest BCUT2D eigenvalue weighted by atomic mass is 16.2. The van der Waals surface area contributed by atoms with Gasteiger partial charge >= 0.3 is 0 Å². The Kier molecular flexibility index (Phi) is 5.53. The van der Waals surface area contributed by atoms with Crippen LogP contribution in [0.2, 0.25) is 0 Å². The number of hydrogen-bond acceptors (Lipinski definition) is 4. The zero-order chi connectivity index (χ0) is 21.1. The van der Waals surface area contributed by atoms with Gasteiger partial charge in [-0.1, -0.05) is 63.2 Å². The molecule has 0 spiro atoms. The number of rotatable bonds is 3. The van der Waals surface area contributed by atoms with E-state index >= 15 is 0 Å². The Bertz CT molecular complexity index is 1000. The van der Waals surface area contributed by atoms with Gasteiger partial charge in [-0.3, -0.25) is 4.79 Å². The minimum atomic E-state index is 0.0867. The van der Waals surface area contributed by atoms with E-state index in [1.54, 1.807) is 6.33 Å². The monoisotopic (exact) mass is 400 g/mol. The first-order valence-corrected chi connectivity index (χ1v) is 10.4. The summed E-state index contributed by atoms with van der Waals surface area (Å²) in [5.74, 6) is 1.01. The first kappa shape index (κ1) is 20.1. The van der Waals surface area contributed by atoms with E-state index < -0.39 is 0 Å². The number of aromatic nitrogens is 2. The van der Waals surface area contributed by atoms with Crippen molar-refractivity contribution in [3.05, 3.63) is 78.1 Å². The minimum Gasteiger partial charge on any atom is -0.353 e. The zero-order valence-electron chi connectivity index (χ0n) is 17.9. The van der Waals surface area contributed by atoms with Gasteiger partial charge < -0.3 is 9.80 Å². The van der Waals surface area contributed by atoms with Crippen molar-refractivity contribution in [2.75, 3.05) is 31.1 Å². The lowest BCUT2D eigenvalue weighted by Gasteiger charge is -2.35. The molecule has 1 fully saturated rings. The van der Waals surface area contributed by atoms with E-state index in [0.717, 1.165) is 35.7 Å². The number of nitrogens with zero attached hydrogens (tertiary/aromatic N) is 4. The lowest BCUT2D eigenvalue weighted by atomic mass is 9.86. The van der Waals surface area contributed by atoms with Crippen molar-refractivity contribution in [1.29, 1.82) is 0 Å². The van der Waals surface area contributed by atoms with Gasteiger partial charge in [-0.2, -0.15) is 0 Å². The topological polar surface area (TPSA) is 49.3 Å². The van der Waals surface area contributed by atoms with Gasteiger partial charge in [-0.25, -0.2) is 9.97 Å². The van der Waals surface area contributed by atoms with Crippen LogP contribution in [-0.2, 0) is 5.41 Å². The van der Waals surface area contributed by atoms with E-state index in [1.165, 1.54) is 5.56 Å². The molecule has 1 amide bonds. The molecule has 0 atom stereocenters. The Labute approximate surface area is 178 Å². The fourth-order valence-electron chi connectivity index (χ4n) is 3.72. The molecule has 5 nitrogen and oxygen atoms in total. The summed E-state index contributed by atoms with van der Waals surface area (Å²) in [5, 5.41) is 0. The van der Waals surface area contributed by atoms with Gasteiger partial charge in [-0.15, -0.1) is 0 Å². The van der Waals surface area contributed by atoms with Crippen molar-refractivity contribution < 1.29 is 4.79 Å². The summed E-state index contributed by atoms with van der Waals surface area (Å²) in [4.78, 5) is 25.9. The number of carbonyl (C=O) groups excluding carboxylic acids is 1. The molecule has 0 aliphatic carbocycles. The fourth-order valence-corrected chi connectivity index (χ4v) is 3.72. The highest BCUT2D eigenvalue weighted by molar-refractivity contribution is 5.94. The van der Waals surface area contributed by atoms with Crippen LogP contribution < -0.4 is 4.90 Å². The zero-order valence-corrected chi connectivity index (χ0v) is 17.9. The van der Waals surface area contributed by atoms with Crippen molar-refractivity contribution in [1.82, 2.24) is 14.9 Å². The molecule has 2 heterocycles. The van der Waals surface area contributed by atoms with Gasteiger partial charge in [0.05, 0.1) is 5.69 Å². The van der Waals surface area contributed by atoms with Crippen LogP contribution in [0.5, 0.6) is 0 Å². The second kappa shape index (κ2) is 8.27. The average molecular weight is 401 g/mol. The second-order valence-corrected chi connectivity index (χ2v) is 8.73. The molecule has 2 aromatic carbocycles. The maximum absolute atomic E-state index is 12.9. The summed E-state index contributed by atoms with van der Waals surface area (Å²) < 4.78 is 0. The Balaban J connectivity index is 1.41. The molecule has 1 aliphatic rings. The van der Waals surface area contributed by atoms with Crippen LogP contribution in [0.15, 0.2) is 67.0 Å². The quantitative estimate of drug-likeness (QED) is 0.654. The van der Waals surface area contributed by atoms with Crippen LogP contribution in [0.3, 0.4) is 0 Å². The summed E-state index contributed by atoms with van der Waals surface area (Å²) in [6.45, 7) is 9.43. The molecular weight excluding hydrogens is 372 g/mol. The van der Waals surface area contributed by atoms with Crippen molar-refractivity contribution in [2.45, 2.75) is 26.2 Å². The number of anilines is 1. The van der Waals surface area contributed by atoms with Gasteiger partial charge in [0.1, 0.15) is 12.1 Å². The third-order valence-corrected chi connectivity index (χ3v) is 5.61. The molecule has 1 aromatic heterocycles. The van der Waals surface area contributed by atoms with Gasteiger partial charge in [0.2, 0.25) is 0 Å². The van der Waals surface area contributed by atoms with E-state index in [-0.39, 0.29) is 11.3 Å². The summed E-state index contributed by atoms with van der Waals surface area (Å²) in [7, 11) is 0. The molecule has 30 heavy (non-hydrogen) atoms. The molecule has 0 N–H and O–H groups in total. The van der Waals surface area contributed by atoms with Crippen LogP contribution in [0, 0.1) is 0 Å². The molecule has 4 rings (SSSR count).